The number of aliphatic imine (C=N–C) groups is 1. The summed E-state index contributed by atoms with van der Waals surface area (Å²) in [5.74, 6) is 1.16. The number of phenols is 1. The molecular formula is C14H21N3O2. The second-order valence-corrected chi connectivity index (χ2v) is 5.30. The van der Waals surface area contributed by atoms with E-state index in [1.165, 1.54) is 0 Å². The van der Waals surface area contributed by atoms with Crippen molar-refractivity contribution in [2.75, 3.05) is 13.7 Å². The fourth-order valence-electron chi connectivity index (χ4n) is 2.72. The summed E-state index contributed by atoms with van der Waals surface area (Å²) in [5.41, 5.74) is 6.71. The van der Waals surface area contributed by atoms with Crippen molar-refractivity contribution in [2.24, 2.45) is 10.7 Å². The van der Waals surface area contributed by atoms with Gasteiger partial charge in [-0.1, -0.05) is 6.07 Å². The average molecular weight is 263 g/mol. The Morgan fingerprint density at radius 1 is 1.47 bits per heavy atom. The van der Waals surface area contributed by atoms with Crippen molar-refractivity contribution >= 4 is 5.96 Å². The van der Waals surface area contributed by atoms with Crippen LogP contribution in [0.3, 0.4) is 0 Å². The molecule has 0 saturated carbocycles. The molecule has 1 aliphatic heterocycles. The second kappa shape index (κ2) is 4.64. The van der Waals surface area contributed by atoms with Crippen molar-refractivity contribution in [1.82, 2.24) is 4.90 Å². The third kappa shape index (κ3) is 2.09. The van der Waals surface area contributed by atoms with E-state index in [1.807, 2.05) is 12.1 Å². The minimum Gasteiger partial charge on any atom is -0.504 e. The van der Waals surface area contributed by atoms with E-state index in [1.54, 1.807) is 13.2 Å². The number of methoxy groups -OCH3 is 1. The summed E-state index contributed by atoms with van der Waals surface area (Å²) in [6.45, 7) is 6.88. The zero-order valence-corrected chi connectivity index (χ0v) is 11.8. The fourth-order valence-corrected chi connectivity index (χ4v) is 2.72. The summed E-state index contributed by atoms with van der Waals surface area (Å²) in [5, 5.41) is 9.70. The van der Waals surface area contributed by atoms with Gasteiger partial charge in [0.1, 0.15) is 0 Å². The van der Waals surface area contributed by atoms with Crippen LogP contribution in [0.4, 0.5) is 0 Å². The molecule has 104 valence electrons. The maximum atomic E-state index is 9.70. The first-order chi connectivity index (χ1) is 8.90. The summed E-state index contributed by atoms with van der Waals surface area (Å²) >= 11 is 0. The molecule has 0 aromatic heterocycles. The minimum atomic E-state index is -0.306. The van der Waals surface area contributed by atoms with Gasteiger partial charge in [0.15, 0.2) is 17.5 Å². The van der Waals surface area contributed by atoms with Crippen LogP contribution in [0.5, 0.6) is 11.5 Å². The molecule has 1 atom stereocenters. The van der Waals surface area contributed by atoms with Gasteiger partial charge in [0.25, 0.3) is 0 Å². The van der Waals surface area contributed by atoms with Crippen LogP contribution in [-0.4, -0.2) is 35.7 Å². The third-order valence-corrected chi connectivity index (χ3v) is 3.65. The average Bonchev–Trinajstić information content (AvgIpc) is 2.66. The highest BCUT2D eigenvalue weighted by molar-refractivity contribution is 5.81. The van der Waals surface area contributed by atoms with Gasteiger partial charge in [-0.25, -0.2) is 0 Å². The number of nitrogens with two attached hydrogens (primary N) is 1. The molecule has 5 heteroatoms. The molecule has 0 radical (unpaired) electrons. The molecule has 0 bridgehead atoms. The zero-order valence-electron chi connectivity index (χ0n) is 11.8. The van der Waals surface area contributed by atoms with Crippen molar-refractivity contribution in [3.8, 4) is 11.5 Å². The number of aromatic hydroxyl groups is 1. The highest BCUT2D eigenvalue weighted by Gasteiger charge is 2.41. The quantitative estimate of drug-likeness (QED) is 0.870. The number of hydrogen-bond donors (Lipinski definition) is 2. The number of benzene rings is 1. The molecular weight excluding hydrogens is 242 g/mol. The number of nitrogens with zero attached hydrogens (tertiary/aromatic N) is 2. The molecule has 1 heterocycles. The molecule has 5 nitrogen and oxygen atoms in total. The lowest BCUT2D eigenvalue weighted by Crippen LogP contribution is -2.51. The summed E-state index contributed by atoms with van der Waals surface area (Å²) in [6, 6.07) is 5.63. The van der Waals surface area contributed by atoms with E-state index in [0.717, 1.165) is 5.56 Å². The van der Waals surface area contributed by atoms with Gasteiger partial charge in [-0.15, -0.1) is 0 Å². The summed E-state index contributed by atoms with van der Waals surface area (Å²) in [7, 11) is 1.54. The molecule has 1 aromatic carbocycles. The predicted molar refractivity (Wildman–Crippen MR) is 75.5 cm³/mol. The van der Waals surface area contributed by atoms with Crippen molar-refractivity contribution in [3.05, 3.63) is 23.8 Å². The fraction of sp³-hybridized carbons (Fsp3) is 0.500. The number of guanidine groups is 1. The Bertz CT molecular complexity index is 513. The van der Waals surface area contributed by atoms with Crippen molar-refractivity contribution in [2.45, 2.75) is 32.4 Å². The standard InChI is InChI=1S/C14H21N3O2/c1-9(2)17-13(15)16-8-14(17,3)10-5-6-11(18)12(7-10)19-4/h5-7,9,18H,8H2,1-4H3,(H2,15,16). The highest BCUT2D eigenvalue weighted by Crippen LogP contribution is 2.38. The van der Waals surface area contributed by atoms with E-state index >= 15 is 0 Å². The van der Waals surface area contributed by atoms with Gasteiger partial charge in [-0.05, 0) is 38.5 Å². The van der Waals surface area contributed by atoms with Gasteiger partial charge in [-0.3, -0.25) is 4.99 Å². The first kappa shape index (κ1) is 13.5. The normalized spacial score (nSPS) is 22.8. The number of hydrogen-bond acceptors (Lipinski definition) is 5. The lowest BCUT2D eigenvalue weighted by atomic mass is 9.90. The Labute approximate surface area is 113 Å². The number of rotatable bonds is 3. The maximum absolute atomic E-state index is 9.70. The van der Waals surface area contributed by atoms with Gasteiger partial charge in [0, 0.05) is 6.04 Å². The SMILES string of the molecule is COc1cc(C2(C)CN=C(N)N2C(C)C)ccc1O. The summed E-state index contributed by atoms with van der Waals surface area (Å²) in [4.78, 5) is 6.46. The molecule has 1 aliphatic rings. The Morgan fingerprint density at radius 3 is 2.74 bits per heavy atom. The van der Waals surface area contributed by atoms with E-state index in [4.69, 9.17) is 10.5 Å². The third-order valence-electron chi connectivity index (χ3n) is 3.65. The second-order valence-electron chi connectivity index (χ2n) is 5.30. The molecule has 2 rings (SSSR count). The molecule has 3 N–H and O–H groups in total. The molecule has 0 saturated heterocycles. The Balaban J connectivity index is 2.45. The Hall–Kier alpha value is -1.91. The van der Waals surface area contributed by atoms with Crippen LogP contribution in [0, 0.1) is 0 Å². The van der Waals surface area contributed by atoms with E-state index in [9.17, 15) is 5.11 Å². The number of phenolic OH excluding ortho intramolecular Hbond substituents is 1. The first-order valence-corrected chi connectivity index (χ1v) is 6.37. The molecule has 1 unspecified atom stereocenters. The Morgan fingerprint density at radius 2 is 2.16 bits per heavy atom. The monoisotopic (exact) mass is 263 g/mol. The van der Waals surface area contributed by atoms with Crippen molar-refractivity contribution < 1.29 is 9.84 Å². The number of ether oxygens (including phenoxy) is 1. The van der Waals surface area contributed by atoms with Crippen LogP contribution in [-0.2, 0) is 5.54 Å². The van der Waals surface area contributed by atoms with Crippen LogP contribution in [0.1, 0.15) is 26.3 Å². The van der Waals surface area contributed by atoms with Gasteiger partial charge in [0.2, 0.25) is 0 Å². The van der Waals surface area contributed by atoms with Crippen LogP contribution < -0.4 is 10.5 Å². The van der Waals surface area contributed by atoms with Gasteiger partial charge >= 0.3 is 0 Å². The topological polar surface area (TPSA) is 71.1 Å². The summed E-state index contributed by atoms with van der Waals surface area (Å²) < 4.78 is 5.18. The Kier molecular flexibility index (Phi) is 3.30. The predicted octanol–water partition coefficient (Wildman–Crippen LogP) is 1.65. The minimum absolute atomic E-state index is 0.137. The zero-order chi connectivity index (χ0) is 14.2. The largest absolute Gasteiger partial charge is 0.504 e. The molecule has 0 spiro atoms. The lowest BCUT2D eigenvalue weighted by molar-refractivity contribution is 0.184. The van der Waals surface area contributed by atoms with Crippen LogP contribution in [0.2, 0.25) is 0 Å². The van der Waals surface area contributed by atoms with E-state index in [2.05, 4.69) is 30.7 Å². The van der Waals surface area contributed by atoms with Crippen molar-refractivity contribution in [1.29, 1.82) is 0 Å². The van der Waals surface area contributed by atoms with Gasteiger partial charge in [0.05, 0.1) is 19.2 Å². The van der Waals surface area contributed by atoms with E-state index < -0.39 is 0 Å². The van der Waals surface area contributed by atoms with Crippen LogP contribution in [0.15, 0.2) is 23.2 Å². The first-order valence-electron chi connectivity index (χ1n) is 6.37. The highest BCUT2D eigenvalue weighted by atomic mass is 16.5. The van der Waals surface area contributed by atoms with Crippen molar-refractivity contribution in [3.63, 3.8) is 0 Å². The smallest absolute Gasteiger partial charge is 0.192 e. The van der Waals surface area contributed by atoms with Crippen LogP contribution >= 0.6 is 0 Å². The van der Waals surface area contributed by atoms with E-state index in [-0.39, 0.29) is 17.3 Å². The van der Waals surface area contributed by atoms with Crippen LogP contribution in [0.25, 0.3) is 0 Å². The maximum Gasteiger partial charge on any atom is 0.192 e. The van der Waals surface area contributed by atoms with E-state index in [0.29, 0.717) is 18.3 Å². The molecule has 0 aliphatic carbocycles. The lowest BCUT2D eigenvalue weighted by Gasteiger charge is -2.39. The molecule has 0 amide bonds. The summed E-state index contributed by atoms with van der Waals surface area (Å²) in [6.07, 6.45) is 0. The molecule has 19 heavy (non-hydrogen) atoms. The molecule has 1 aromatic rings. The molecule has 0 fully saturated rings. The van der Waals surface area contributed by atoms with Gasteiger partial charge < -0.3 is 20.5 Å². The van der Waals surface area contributed by atoms with Gasteiger partial charge in [-0.2, -0.15) is 0 Å².